The molecular formula is CHO2PS. The van der Waals surface area contributed by atoms with E-state index in [4.69, 9.17) is 0 Å². The maximum Gasteiger partial charge on any atom is 0.396 e. The van der Waals surface area contributed by atoms with E-state index in [2.05, 4.69) is 16.7 Å². The number of hydrogen-bond acceptors (Lipinski definition) is 3. The molecule has 0 aromatic carbocycles. The van der Waals surface area contributed by atoms with Gasteiger partial charge in [0.15, 0.2) is 5.55 Å². The van der Waals surface area contributed by atoms with Gasteiger partial charge in [0.25, 0.3) is 0 Å². The van der Waals surface area contributed by atoms with Crippen LogP contribution in [0.15, 0.2) is 0 Å². The average Bonchev–Trinajstić information content (AvgIpc) is 1.41. The van der Waals surface area contributed by atoms with E-state index in [1.54, 1.807) is 0 Å². The van der Waals surface area contributed by atoms with Crippen molar-refractivity contribution in [2.75, 3.05) is 0 Å². The minimum absolute atomic E-state index is 0.380. The first kappa shape index (κ1) is 4.99. The highest BCUT2D eigenvalue weighted by atomic mass is 32.1. The van der Waals surface area contributed by atoms with Crippen LogP contribution in [-0.2, 0) is 9.09 Å². The molecule has 0 aliphatic heterocycles. The minimum atomic E-state index is -0.380. The summed E-state index contributed by atoms with van der Waals surface area (Å²) < 4.78 is 13.1. The Balaban J connectivity index is 2.65. The molecule has 0 heterocycles. The smallest absolute Gasteiger partial charge is 0.396 e. The van der Waals surface area contributed by atoms with Gasteiger partial charge in [0.1, 0.15) is 0 Å². The molecule has 0 bridgehead atoms. The molecule has 0 saturated heterocycles. The first-order valence-electron chi connectivity index (χ1n) is 0.837. The molecule has 2 nitrogen and oxygen atoms in total. The molecule has 5 heavy (non-hydrogen) atoms. The lowest BCUT2D eigenvalue weighted by molar-refractivity contribution is 0.535. The molecule has 4 heteroatoms. The number of rotatable bonds is 2. The van der Waals surface area contributed by atoms with Crippen LogP contribution in [0.3, 0.4) is 0 Å². The normalized spacial score (nSPS) is 7.20. The van der Waals surface area contributed by atoms with E-state index in [0.717, 1.165) is 5.55 Å². The molecule has 0 unspecified atom stereocenters. The van der Waals surface area contributed by atoms with Crippen LogP contribution in [0.25, 0.3) is 0 Å². The van der Waals surface area contributed by atoms with Gasteiger partial charge in [-0.3, -0.25) is 0 Å². The van der Waals surface area contributed by atoms with E-state index >= 15 is 0 Å². The summed E-state index contributed by atoms with van der Waals surface area (Å²) in [5, 5.41) is 0. The molecule has 0 atom stereocenters. The van der Waals surface area contributed by atoms with Gasteiger partial charge < -0.3 is 4.52 Å². The summed E-state index contributed by atoms with van der Waals surface area (Å²) >= 11 is 4.10. The predicted molar refractivity (Wildman–Crippen MR) is 22.3 cm³/mol. The molecule has 0 aliphatic rings. The SMILES string of the molecule is O=POC=S. The van der Waals surface area contributed by atoms with Crippen LogP contribution in [0.4, 0.5) is 0 Å². The summed E-state index contributed by atoms with van der Waals surface area (Å²) in [6, 6.07) is 0. The summed E-state index contributed by atoms with van der Waals surface area (Å²) in [7, 11) is -0.380. The molecule has 0 fully saturated rings. The van der Waals surface area contributed by atoms with Crippen LogP contribution in [0.5, 0.6) is 0 Å². The molecule has 0 aromatic heterocycles. The zero-order chi connectivity index (χ0) is 4.12. The molecule has 0 N–H and O–H groups in total. The van der Waals surface area contributed by atoms with Gasteiger partial charge in [-0.05, 0) is 12.2 Å². The Hall–Kier alpha value is -0.0100. The summed E-state index contributed by atoms with van der Waals surface area (Å²) in [5.41, 5.74) is 0.939. The third-order valence-electron chi connectivity index (χ3n) is 0.0861. The van der Waals surface area contributed by atoms with Crippen molar-refractivity contribution in [1.29, 1.82) is 0 Å². The van der Waals surface area contributed by atoms with Gasteiger partial charge >= 0.3 is 8.69 Å². The lowest BCUT2D eigenvalue weighted by Gasteiger charge is -1.65. The van der Waals surface area contributed by atoms with Crippen LogP contribution in [0.1, 0.15) is 0 Å². The zero-order valence-corrected chi connectivity index (χ0v) is 3.96. The lowest BCUT2D eigenvalue weighted by atomic mass is 11.7. The largest absolute Gasteiger partial charge is 0.404 e. The summed E-state index contributed by atoms with van der Waals surface area (Å²) in [6.07, 6.45) is 0. The van der Waals surface area contributed by atoms with Crippen molar-refractivity contribution in [3.63, 3.8) is 0 Å². The molecule has 0 spiro atoms. The molecule has 28 valence electrons. The monoisotopic (exact) mass is 108 g/mol. The quantitative estimate of drug-likeness (QED) is 0.392. The summed E-state index contributed by atoms with van der Waals surface area (Å²) in [4.78, 5) is 0. The van der Waals surface area contributed by atoms with Crippen LogP contribution >= 0.6 is 20.9 Å². The van der Waals surface area contributed by atoms with Crippen molar-refractivity contribution < 1.29 is 9.09 Å². The first-order valence-corrected chi connectivity index (χ1v) is 2.04. The maximum absolute atomic E-state index is 9.18. The Bertz CT molecular complexity index is 38.9. The molecular weight excluding hydrogens is 107 g/mol. The minimum Gasteiger partial charge on any atom is -0.404 e. The lowest BCUT2D eigenvalue weighted by Crippen LogP contribution is -1.53. The van der Waals surface area contributed by atoms with Crippen LogP contribution in [-0.4, -0.2) is 5.55 Å². The highest BCUT2D eigenvalue weighted by Crippen LogP contribution is 1.86. The van der Waals surface area contributed by atoms with Crippen molar-refractivity contribution in [2.45, 2.75) is 0 Å². The zero-order valence-electron chi connectivity index (χ0n) is 2.25. The Morgan fingerprint density at radius 1 is 2.00 bits per heavy atom. The van der Waals surface area contributed by atoms with Gasteiger partial charge in [-0.25, -0.2) is 4.57 Å². The van der Waals surface area contributed by atoms with E-state index in [1.807, 2.05) is 0 Å². The van der Waals surface area contributed by atoms with Crippen molar-refractivity contribution >= 4 is 26.5 Å². The fourth-order valence-corrected chi connectivity index (χ4v) is 0.158. The Labute approximate surface area is 36.4 Å². The van der Waals surface area contributed by atoms with E-state index in [1.165, 1.54) is 0 Å². The highest BCUT2D eigenvalue weighted by molar-refractivity contribution is 7.78. The topological polar surface area (TPSA) is 26.3 Å². The maximum atomic E-state index is 9.18. The van der Waals surface area contributed by atoms with E-state index in [0.29, 0.717) is 0 Å². The fraction of sp³-hybridized carbons (Fsp3) is 0. The fourth-order valence-electron chi connectivity index (χ4n) is 0.0176. The van der Waals surface area contributed by atoms with E-state index < -0.39 is 0 Å². The van der Waals surface area contributed by atoms with Gasteiger partial charge in [0.05, 0.1) is 0 Å². The van der Waals surface area contributed by atoms with Crippen LogP contribution < -0.4 is 0 Å². The summed E-state index contributed by atoms with van der Waals surface area (Å²) in [5.74, 6) is 0. The van der Waals surface area contributed by atoms with Crippen LogP contribution in [0, 0.1) is 0 Å². The molecule has 0 amide bonds. The van der Waals surface area contributed by atoms with Gasteiger partial charge in [0.2, 0.25) is 0 Å². The standard InChI is InChI=1S/CHO2PS/c2-4-3-1-5/h1H. The Kier molecular flexibility index (Phi) is 3.98. The Morgan fingerprint density at radius 2 is 2.60 bits per heavy atom. The van der Waals surface area contributed by atoms with E-state index in [-0.39, 0.29) is 8.69 Å². The van der Waals surface area contributed by atoms with Gasteiger partial charge in [-0.1, -0.05) is 0 Å². The van der Waals surface area contributed by atoms with Crippen LogP contribution in [0.2, 0.25) is 0 Å². The second-order valence-electron chi connectivity index (χ2n) is 0.276. The van der Waals surface area contributed by atoms with Crippen molar-refractivity contribution in [3.8, 4) is 0 Å². The van der Waals surface area contributed by atoms with E-state index in [9.17, 15) is 4.57 Å². The summed E-state index contributed by atoms with van der Waals surface area (Å²) in [6.45, 7) is 0. The Morgan fingerprint density at radius 3 is 2.60 bits per heavy atom. The number of thiocarbonyl (C=S) groups is 1. The molecule has 0 aliphatic carbocycles. The van der Waals surface area contributed by atoms with Crippen molar-refractivity contribution in [3.05, 3.63) is 0 Å². The molecule has 0 saturated carbocycles. The molecule has 0 aromatic rings. The predicted octanol–water partition coefficient (Wildman–Crippen LogP) is 1.17. The first-order chi connectivity index (χ1) is 2.41. The van der Waals surface area contributed by atoms with Gasteiger partial charge in [-0.15, -0.1) is 0 Å². The highest BCUT2D eigenvalue weighted by Gasteiger charge is 1.59. The third kappa shape index (κ3) is 3.99. The molecule has 0 rings (SSSR count). The second-order valence-corrected chi connectivity index (χ2v) is 0.829. The molecule has 0 radical (unpaired) electrons. The van der Waals surface area contributed by atoms with Gasteiger partial charge in [0, 0.05) is 0 Å². The average molecular weight is 108 g/mol. The third-order valence-corrected chi connectivity index (χ3v) is 0.516. The number of hydrogen-bond donors (Lipinski definition) is 0. The second kappa shape index (κ2) is 3.99. The van der Waals surface area contributed by atoms with Crippen molar-refractivity contribution in [2.24, 2.45) is 0 Å². The van der Waals surface area contributed by atoms with Gasteiger partial charge in [-0.2, -0.15) is 0 Å². The van der Waals surface area contributed by atoms with Crippen molar-refractivity contribution in [1.82, 2.24) is 0 Å².